The van der Waals surface area contributed by atoms with E-state index in [0.717, 1.165) is 38.3 Å². The first-order valence-electron chi connectivity index (χ1n) is 8.33. The molecule has 1 unspecified atom stereocenters. The molecule has 2 aliphatic rings. The van der Waals surface area contributed by atoms with Gasteiger partial charge in [0.25, 0.3) is 5.17 Å². The first-order valence-corrected chi connectivity index (χ1v) is 9.62. The fourth-order valence-electron chi connectivity index (χ4n) is 3.38. The van der Waals surface area contributed by atoms with Gasteiger partial charge in [-0.1, -0.05) is 0 Å². The van der Waals surface area contributed by atoms with Crippen molar-refractivity contribution in [2.45, 2.75) is 19.4 Å². The number of thiophene rings is 1. The summed E-state index contributed by atoms with van der Waals surface area (Å²) in [6.45, 7) is 6.30. The Morgan fingerprint density at radius 1 is 1.17 bits per heavy atom. The fraction of sp³-hybridized carbons (Fsp3) is 0.389. The van der Waals surface area contributed by atoms with Crippen LogP contribution in [0.15, 0.2) is 35.7 Å². The van der Waals surface area contributed by atoms with Gasteiger partial charge in [-0.25, -0.2) is 0 Å². The molecule has 6 heteroatoms. The maximum atomic E-state index is 5.64. The zero-order chi connectivity index (χ0) is 16.5. The Bertz CT molecular complexity index is 724. The van der Waals surface area contributed by atoms with Gasteiger partial charge in [-0.05, 0) is 60.4 Å². The maximum Gasteiger partial charge on any atom is 0.261 e. The predicted molar refractivity (Wildman–Crippen MR) is 106 cm³/mol. The van der Waals surface area contributed by atoms with E-state index in [-0.39, 0.29) is 6.10 Å². The summed E-state index contributed by atoms with van der Waals surface area (Å²) < 4.78 is 5.64. The summed E-state index contributed by atoms with van der Waals surface area (Å²) in [5.74, 6) is 0. The lowest BCUT2D eigenvalue weighted by Gasteiger charge is -2.37. The molecule has 1 aromatic heterocycles. The number of benzene rings is 1. The Morgan fingerprint density at radius 3 is 2.71 bits per heavy atom. The van der Waals surface area contributed by atoms with Gasteiger partial charge in [0.15, 0.2) is 0 Å². The minimum absolute atomic E-state index is 0.108. The fourth-order valence-corrected chi connectivity index (χ4v) is 4.44. The third kappa shape index (κ3) is 3.21. The highest BCUT2D eigenvalue weighted by atomic mass is 32.1. The summed E-state index contributed by atoms with van der Waals surface area (Å²) in [5.41, 5.74) is 3.65. The second kappa shape index (κ2) is 6.61. The van der Waals surface area contributed by atoms with Crippen LogP contribution >= 0.6 is 23.6 Å². The van der Waals surface area contributed by atoms with E-state index in [1.54, 1.807) is 0 Å². The maximum absolute atomic E-state index is 5.64. The summed E-state index contributed by atoms with van der Waals surface area (Å²) in [5, 5.41) is 7.19. The van der Waals surface area contributed by atoms with Gasteiger partial charge in [-0.15, -0.1) is 11.3 Å². The molecule has 4 nitrogen and oxygen atoms in total. The Hall–Kier alpha value is -1.79. The molecule has 0 bridgehead atoms. The lowest BCUT2D eigenvalue weighted by molar-refractivity contribution is 0.217. The number of anilines is 3. The molecular formula is C18H21N3OS2. The van der Waals surface area contributed by atoms with Gasteiger partial charge >= 0.3 is 0 Å². The van der Waals surface area contributed by atoms with Crippen LogP contribution in [-0.4, -0.2) is 37.5 Å². The third-order valence-electron chi connectivity index (χ3n) is 4.60. The number of nitrogens with one attached hydrogen (secondary N) is 1. The van der Waals surface area contributed by atoms with Crippen LogP contribution in [0.1, 0.15) is 12.5 Å². The number of rotatable bonds is 2. The number of hydrogen-bond donors (Lipinski definition) is 1. The number of thiocarbonyl (C=S) groups is 1. The highest BCUT2D eigenvalue weighted by Crippen LogP contribution is 2.29. The standard InChI is InChI=1S/C18H21N3OS2/c1-13-11-14-12-15(4-5-16(14)19-18(23)22-13)20-6-8-21(9-7-20)17-3-2-10-24-17/h2-5,10,12-13H,6-9,11H2,1H3,(H,19,23). The van der Waals surface area contributed by atoms with Crippen molar-refractivity contribution >= 4 is 45.1 Å². The molecular weight excluding hydrogens is 338 g/mol. The van der Waals surface area contributed by atoms with Crippen LogP contribution in [0.25, 0.3) is 0 Å². The smallest absolute Gasteiger partial charge is 0.261 e. The van der Waals surface area contributed by atoms with Gasteiger partial charge < -0.3 is 19.9 Å². The molecule has 24 heavy (non-hydrogen) atoms. The number of ether oxygens (including phenoxy) is 1. The Labute approximate surface area is 152 Å². The van der Waals surface area contributed by atoms with E-state index in [1.807, 2.05) is 11.3 Å². The zero-order valence-electron chi connectivity index (χ0n) is 13.7. The van der Waals surface area contributed by atoms with E-state index in [1.165, 1.54) is 16.3 Å². The van der Waals surface area contributed by atoms with Crippen molar-refractivity contribution < 1.29 is 4.74 Å². The lowest BCUT2D eigenvalue weighted by atomic mass is 10.0. The van der Waals surface area contributed by atoms with Crippen molar-refractivity contribution in [1.82, 2.24) is 0 Å². The van der Waals surface area contributed by atoms with Gasteiger partial charge in [0.05, 0.1) is 5.00 Å². The quantitative estimate of drug-likeness (QED) is 0.825. The van der Waals surface area contributed by atoms with E-state index >= 15 is 0 Å². The number of piperazine rings is 1. The molecule has 1 atom stereocenters. The average Bonchev–Trinajstić information content (AvgIpc) is 3.06. The van der Waals surface area contributed by atoms with Gasteiger partial charge in [0.1, 0.15) is 6.10 Å². The van der Waals surface area contributed by atoms with Crippen molar-refractivity contribution in [1.29, 1.82) is 0 Å². The first-order chi connectivity index (χ1) is 11.7. The summed E-state index contributed by atoms with van der Waals surface area (Å²) in [6, 6.07) is 10.9. The van der Waals surface area contributed by atoms with Crippen molar-refractivity contribution in [2.75, 3.05) is 41.3 Å². The van der Waals surface area contributed by atoms with Crippen molar-refractivity contribution in [2.24, 2.45) is 0 Å². The van der Waals surface area contributed by atoms with E-state index in [0.29, 0.717) is 5.17 Å². The topological polar surface area (TPSA) is 27.7 Å². The highest BCUT2D eigenvalue weighted by Gasteiger charge is 2.21. The molecule has 1 N–H and O–H groups in total. The van der Waals surface area contributed by atoms with Crippen molar-refractivity contribution in [3.8, 4) is 0 Å². The minimum Gasteiger partial charge on any atom is -0.467 e. The first kappa shape index (κ1) is 15.7. The molecule has 1 saturated heterocycles. The molecule has 1 fully saturated rings. The molecule has 2 aliphatic heterocycles. The number of nitrogens with zero attached hydrogens (tertiary/aromatic N) is 2. The van der Waals surface area contributed by atoms with Gasteiger partial charge in [-0.2, -0.15) is 0 Å². The van der Waals surface area contributed by atoms with Crippen molar-refractivity contribution in [3.05, 3.63) is 41.3 Å². The molecule has 0 aliphatic carbocycles. The number of hydrogen-bond acceptors (Lipinski definition) is 5. The summed E-state index contributed by atoms with van der Waals surface area (Å²) >= 11 is 7.03. The van der Waals surface area contributed by atoms with E-state index in [2.05, 4.69) is 57.8 Å². The largest absolute Gasteiger partial charge is 0.467 e. The molecule has 2 aromatic rings. The molecule has 4 rings (SSSR count). The minimum atomic E-state index is 0.108. The second-order valence-corrected chi connectivity index (χ2v) is 7.61. The summed E-state index contributed by atoms with van der Waals surface area (Å²) in [4.78, 5) is 4.94. The Kier molecular flexibility index (Phi) is 4.33. The highest BCUT2D eigenvalue weighted by molar-refractivity contribution is 7.80. The molecule has 0 amide bonds. The van der Waals surface area contributed by atoms with Crippen LogP contribution in [0, 0.1) is 0 Å². The van der Waals surface area contributed by atoms with Crippen LogP contribution in [-0.2, 0) is 11.2 Å². The molecule has 0 spiro atoms. The van der Waals surface area contributed by atoms with E-state index < -0.39 is 0 Å². The van der Waals surface area contributed by atoms with Crippen LogP contribution in [0.5, 0.6) is 0 Å². The second-order valence-electron chi connectivity index (χ2n) is 6.31. The molecule has 3 heterocycles. The molecule has 1 aromatic carbocycles. The zero-order valence-corrected chi connectivity index (χ0v) is 15.3. The third-order valence-corrected chi connectivity index (χ3v) is 5.73. The van der Waals surface area contributed by atoms with Crippen LogP contribution in [0.2, 0.25) is 0 Å². The number of fused-ring (bicyclic) bond motifs is 1. The Balaban J connectivity index is 1.49. The van der Waals surface area contributed by atoms with E-state index in [4.69, 9.17) is 17.0 Å². The van der Waals surface area contributed by atoms with Gasteiger partial charge in [0, 0.05) is 44.0 Å². The van der Waals surface area contributed by atoms with Crippen LogP contribution < -0.4 is 15.1 Å². The summed E-state index contributed by atoms with van der Waals surface area (Å²) in [6.07, 6.45) is 0.989. The van der Waals surface area contributed by atoms with E-state index in [9.17, 15) is 0 Å². The SMILES string of the molecule is CC1Cc2cc(N3CCN(c4cccs4)CC3)ccc2NC(=S)O1. The monoisotopic (exact) mass is 359 g/mol. The molecule has 0 radical (unpaired) electrons. The normalized spacial score (nSPS) is 20.9. The predicted octanol–water partition coefficient (Wildman–Crippen LogP) is 3.73. The molecule has 0 saturated carbocycles. The van der Waals surface area contributed by atoms with Crippen LogP contribution in [0.4, 0.5) is 16.4 Å². The van der Waals surface area contributed by atoms with Gasteiger partial charge in [-0.3, -0.25) is 0 Å². The van der Waals surface area contributed by atoms with Crippen molar-refractivity contribution in [3.63, 3.8) is 0 Å². The summed E-state index contributed by atoms with van der Waals surface area (Å²) in [7, 11) is 0. The van der Waals surface area contributed by atoms with Crippen LogP contribution in [0.3, 0.4) is 0 Å². The van der Waals surface area contributed by atoms with Gasteiger partial charge in [0.2, 0.25) is 0 Å². The molecule has 126 valence electrons. The average molecular weight is 360 g/mol. The Morgan fingerprint density at radius 2 is 1.96 bits per heavy atom. The lowest BCUT2D eigenvalue weighted by Crippen LogP contribution is -2.46.